The lowest BCUT2D eigenvalue weighted by Crippen LogP contribution is -2.43. The summed E-state index contributed by atoms with van der Waals surface area (Å²) in [5, 5.41) is 10.7. The summed E-state index contributed by atoms with van der Waals surface area (Å²) in [5.41, 5.74) is 2.93. The first-order valence-corrected chi connectivity index (χ1v) is 15.3. The third kappa shape index (κ3) is 6.05. The molecule has 0 radical (unpaired) electrons. The number of fused-ring (bicyclic) bond motifs is 1. The zero-order valence-corrected chi connectivity index (χ0v) is 23.9. The van der Waals surface area contributed by atoms with Crippen LogP contribution >= 0.6 is 23.3 Å². The molecular formula is C28H28BF3N6OS2. The number of anilines is 3. The summed E-state index contributed by atoms with van der Waals surface area (Å²) in [6.45, 7) is 5.02. The van der Waals surface area contributed by atoms with Crippen molar-refractivity contribution in [2.45, 2.75) is 30.1 Å². The Morgan fingerprint density at radius 1 is 1.00 bits per heavy atom. The normalized spacial score (nSPS) is 18.0. The molecule has 4 heterocycles. The van der Waals surface area contributed by atoms with Crippen molar-refractivity contribution in [3.05, 3.63) is 64.7 Å². The van der Waals surface area contributed by atoms with Gasteiger partial charge < -0.3 is 14.7 Å². The first-order chi connectivity index (χ1) is 19.8. The second-order valence-electron chi connectivity index (χ2n) is 10.5. The molecule has 3 aliphatic rings. The Hall–Kier alpha value is -3.21. The van der Waals surface area contributed by atoms with Crippen molar-refractivity contribution in [3.63, 3.8) is 0 Å². The SMILES string of the molecule is N#CB1CCN(c2cccc(C(=O)N3CCc4cc(SN5CCN(c6nc(C(F)(F)F)cs6)CC5)ccc43)c2)CC1. The van der Waals surface area contributed by atoms with Crippen LogP contribution in [0.25, 0.3) is 0 Å². The van der Waals surface area contributed by atoms with E-state index in [1.165, 1.54) is 0 Å². The van der Waals surface area contributed by atoms with Crippen LogP contribution in [-0.2, 0) is 12.6 Å². The van der Waals surface area contributed by atoms with Gasteiger partial charge in [0, 0.05) is 79.0 Å². The average molecular weight is 597 g/mol. The highest BCUT2D eigenvalue weighted by Gasteiger charge is 2.35. The molecule has 0 atom stereocenters. The molecule has 41 heavy (non-hydrogen) atoms. The Bertz CT molecular complexity index is 1460. The molecule has 1 amide bonds. The molecule has 212 valence electrons. The number of rotatable bonds is 5. The Labute approximate surface area is 245 Å². The van der Waals surface area contributed by atoms with Crippen LogP contribution in [0.2, 0.25) is 12.6 Å². The third-order valence-corrected chi connectivity index (χ3v) is 9.84. The van der Waals surface area contributed by atoms with Crippen molar-refractivity contribution in [2.24, 2.45) is 0 Å². The van der Waals surface area contributed by atoms with Gasteiger partial charge in [0.1, 0.15) is 0 Å². The topological polar surface area (TPSA) is 66.7 Å². The molecule has 0 N–H and O–H groups in total. The van der Waals surface area contributed by atoms with Gasteiger partial charge in [-0.05, 0) is 73.0 Å². The molecular weight excluding hydrogens is 568 g/mol. The lowest BCUT2D eigenvalue weighted by molar-refractivity contribution is -0.140. The van der Waals surface area contributed by atoms with E-state index < -0.39 is 11.9 Å². The first-order valence-electron chi connectivity index (χ1n) is 13.7. The van der Waals surface area contributed by atoms with Gasteiger partial charge in [0.05, 0.1) is 0 Å². The smallest absolute Gasteiger partial charge is 0.373 e. The number of halogens is 3. The van der Waals surface area contributed by atoms with Gasteiger partial charge in [-0.15, -0.1) is 11.3 Å². The molecule has 0 aliphatic carbocycles. The minimum atomic E-state index is -4.42. The van der Waals surface area contributed by atoms with Crippen molar-refractivity contribution in [1.29, 1.82) is 5.26 Å². The molecule has 13 heteroatoms. The number of benzene rings is 2. The summed E-state index contributed by atoms with van der Waals surface area (Å²) in [6, 6.07) is 14.0. The van der Waals surface area contributed by atoms with Gasteiger partial charge in [-0.2, -0.15) is 13.2 Å². The highest BCUT2D eigenvalue weighted by Crippen LogP contribution is 2.36. The van der Waals surface area contributed by atoms with Crippen LogP contribution in [0.5, 0.6) is 0 Å². The number of thiazole rings is 1. The van der Waals surface area contributed by atoms with E-state index in [1.807, 2.05) is 46.2 Å². The number of alkyl halides is 3. The summed E-state index contributed by atoms with van der Waals surface area (Å²) in [4.78, 5) is 24.4. The summed E-state index contributed by atoms with van der Waals surface area (Å²) in [6.07, 6.45) is -1.94. The highest BCUT2D eigenvalue weighted by atomic mass is 32.2. The van der Waals surface area contributed by atoms with Crippen LogP contribution in [-0.4, -0.2) is 67.7 Å². The van der Waals surface area contributed by atoms with Crippen LogP contribution in [0.1, 0.15) is 21.6 Å². The average Bonchev–Trinajstić information content (AvgIpc) is 3.65. The minimum absolute atomic E-state index is 0.00935. The van der Waals surface area contributed by atoms with E-state index in [2.05, 4.69) is 26.2 Å². The second-order valence-corrected chi connectivity index (χ2v) is 12.5. The summed E-state index contributed by atoms with van der Waals surface area (Å²) >= 11 is 2.68. The quantitative estimate of drug-likeness (QED) is 0.282. The van der Waals surface area contributed by atoms with Crippen LogP contribution in [0, 0.1) is 11.2 Å². The monoisotopic (exact) mass is 596 g/mol. The van der Waals surface area contributed by atoms with Crippen molar-refractivity contribution < 1.29 is 18.0 Å². The second kappa shape index (κ2) is 11.6. The van der Waals surface area contributed by atoms with E-state index >= 15 is 0 Å². The Kier molecular flexibility index (Phi) is 7.89. The van der Waals surface area contributed by atoms with Gasteiger partial charge in [-0.1, -0.05) is 6.07 Å². The van der Waals surface area contributed by atoms with Gasteiger partial charge in [0.25, 0.3) is 12.6 Å². The molecule has 7 nitrogen and oxygen atoms in total. The third-order valence-electron chi connectivity index (χ3n) is 7.85. The number of aromatic nitrogens is 1. The predicted octanol–water partition coefficient (Wildman–Crippen LogP) is 5.57. The molecule has 2 aromatic carbocycles. The summed E-state index contributed by atoms with van der Waals surface area (Å²) in [7, 11) is 0. The van der Waals surface area contributed by atoms with Gasteiger partial charge in [-0.3, -0.25) is 4.79 Å². The number of carbonyl (C=O) groups is 1. The Morgan fingerprint density at radius 3 is 2.49 bits per heavy atom. The maximum Gasteiger partial charge on any atom is 0.434 e. The predicted molar refractivity (Wildman–Crippen MR) is 158 cm³/mol. The maximum atomic E-state index is 13.5. The van der Waals surface area contributed by atoms with Gasteiger partial charge in [-0.25, -0.2) is 14.6 Å². The molecule has 0 bridgehead atoms. The zero-order chi connectivity index (χ0) is 28.6. The number of nitrogens with zero attached hydrogens (tertiary/aromatic N) is 6. The molecule has 0 spiro atoms. The largest absolute Gasteiger partial charge is 0.434 e. The zero-order valence-electron chi connectivity index (χ0n) is 22.3. The fourth-order valence-corrected chi connectivity index (χ4v) is 7.42. The fraction of sp³-hybridized carbons (Fsp3) is 0.393. The van der Waals surface area contributed by atoms with Crippen LogP contribution in [0.4, 0.5) is 29.7 Å². The van der Waals surface area contributed by atoms with E-state index in [0.717, 1.165) is 70.7 Å². The lowest BCUT2D eigenvalue weighted by atomic mass is 9.45. The van der Waals surface area contributed by atoms with E-state index in [0.29, 0.717) is 43.4 Å². The number of carbonyl (C=O) groups excluding carboxylic acids is 1. The van der Waals surface area contributed by atoms with Crippen LogP contribution in [0.15, 0.2) is 52.7 Å². The number of hydrogen-bond donors (Lipinski definition) is 0. The molecule has 2 fully saturated rings. The fourth-order valence-electron chi connectivity index (χ4n) is 5.56. The van der Waals surface area contributed by atoms with Crippen LogP contribution < -0.4 is 14.7 Å². The van der Waals surface area contributed by atoms with Crippen molar-refractivity contribution >= 4 is 52.4 Å². The van der Waals surface area contributed by atoms with Crippen molar-refractivity contribution in [2.75, 3.05) is 60.5 Å². The molecule has 3 aromatic rings. The van der Waals surface area contributed by atoms with E-state index in [9.17, 15) is 23.2 Å². The lowest BCUT2D eigenvalue weighted by Gasteiger charge is -2.33. The maximum absolute atomic E-state index is 13.5. The molecule has 3 aliphatic heterocycles. The van der Waals surface area contributed by atoms with Gasteiger partial charge in [0.2, 0.25) is 0 Å². The van der Waals surface area contributed by atoms with Crippen molar-refractivity contribution in [1.82, 2.24) is 9.29 Å². The van der Waals surface area contributed by atoms with E-state index in [-0.39, 0.29) is 12.6 Å². The highest BCUT2D eigenvalue weighted by molar-refractivity contribution is 7.97. The Balaban J connectivity index is 1.06. The molecule has 2 saturated heterocycles. The molecule has 0 unspecified atom stereocenters. The van der Waals surface area contributed by atoms with Crippen molar-refractivity contribution in [3.8, 4) is 5.97 Å². The molecule has 6 rings (SSSR count). The summed E-state index contributed by atoms with van der Waals surface area (Å²) in [5.74, 6) is 2.36. The van der Waals surface area contributed by atoms with E-state index in [4.69, 9.17) is 0 Å². The van der Waals surface area contributed by atoms with Gasteiger partial charge in [0.15, 0.2) is 10.8 Å². The number of hydrogen-bond acceptors (Lipinski definition) is 8. The number of nitriles is 1. The number of piperazine rings is 1. The minimum Gasteiger partial charge on any atom is -0.373 e. The van der Waals surface area contributed by atoms with E-state index in [1.54, 1.807) is 11.9 Å². The standard InChI is InChI=1S/C28H28BF3N6OS2/c30-28(31,32)25-18-40-27(34-25)36-12-14-37(15-13-36)41-23-4-5-24-20(17-23)6-9-38(24)26(39)21-2-1-3-22(16-21)35-10-7-29(19-33)8-11-35/h1-5,16-18H,6-15H2. The first kappa shape index (κ1) is 27.9. The van der Waals surface area contributed by atoms with Gasteiger partial charge >= 0.3 is 6.18 Å². The van der Waals surface area contributed by atoms with Crippen LogP contribution in [0.3, 0.4) is 0 Å². The summed E-state index contributed by atoms with van der Waals surface area (Å²) < 4.78 is 41.0. The molecule has 1 aromatic heterocycles. The Morgan fingerprint density at radius 2 is 1.78 bits per heavy atom. The number of amides is 1. The molecule has 0 saturated carbocycles.